The maximum absolute atomic E-state index is 12.4. The molecule has 134 valence electrons. The fraction of sp³-hybridized carbons (Fsp3) is 0.130. The van der Waals surface area contributed by atoms with Crippen molar-refractivity contribution in [2.45, 2.75) is 12.5 Å². The normalized spacial score (nSPS) is 11.2. The first-order chi connectivity index (χ1) is 13.2. The average Bonchev–Trinajstić information content (AvgIpc) is 2.73. The molecule has 3 aromatic rings. The number of benzene rings is 3. The van der Waals surface area contributed by atoms with E-state index in [0.29, 0.717) is 17.7 Å². The van der Waals surface area contributed by atoms with Crippen LogP contribution in [0.5, 0.6) is 5.75 Å². The third kappa shape index (κ3) is 5.45. The van der Waals surface area contributed by atoms with E-state index in [1.807, 2.05) is 60.7 Å². The fourth-order valence-electron chi connectivity index (χ4n) is 2.83. The van der Waals surface area contributed by atoms with Crippen molar-refractivity contribution in [3.8, 4) is 11.8 Å². The second-order valence-electron chi connectivity index (χ2n) is 6.15. The lowest BCUT2D eigenvalue weighted by molar-refractivity contribution is -0.123. The SMILES string of the molecule is N#Cc1cccc(OCC(=O)NC(Cc2ccccc2)c2ccccc2)c1. The van der Waals surface area contributed by atoms with E-state index in [4.69, 9.17) is 10.00 Å². The van der Waals surface area contributed by atoms with Crippen LogP contribution in [0.4, 0.5) is 0 Å². The van der Waals surface area contributed by atoms with Crippen LogP contribution in [0, 0.1) is 11.3 Å². The lowest BCUT2D eigenvalue weighted by Crippen LogP contribution is -2.33. The molecule has 4 nitrogen and oxygen atoms in total. The summed E-state index contributed by atoms with van der Waals surface area (Å²) in [6, 6.07) is 28.6. The standard InChI is InChI=1S/C23H20N2O2/c24-16-19-10-7-13-21(14-19)27-17-23(26)25-22(20-11-5-2-6-12-20)15-18-8-3-1-4-9-18/h1-14,22H,15,17H2,(H,25,26). The number of hydrogen-bond acceptors (Lipinski definition) is 3. The Morgan fingerprint density at radius 2 is 1.67 bits per heavy atom. The molecule has 1 unspecified atom stereocenters. The number of amides is 1. The van der Waals surface area contributed by atoms with Crippen LogP contribution in [0.15, 0.2) is 84.9 Å². The molecule has 0 bridgehead atoms. The van der Waals surface area contributed by atoms with Gasteiger partial charge in [0.05, 0.1) is 17.7 Å². The number of rotatable bonds is 7. The van der Waals surface area contributed by atoms with Crippen molar-refractivity contribution in [1.82, 2.24) is 5.32 Å². The second kappa shape index (κ2) is 9.21. The van der Waals surface area contributed by atoms with Gasteiger partial charge in [0.1, 0.15) is 5.75 Å². The lowest BCUT2D eigenvalue weighted by atomic mass is 9.99. The van der Waals surface area contributed by atoms with Gasteiger partial charge in [-0.3, -0.25) is 4.79 Å². The van der Waals surface area contributed by atoms with E-state index in [2.05, 4.69) is 11.4 Å². The van der Waals surface area contributed by atoms with Crippen LogP contribution in [-0.2, 0) is 11.2 Å². The molecule has 3 aromatic carbocycles. The molecule has 0 saturated heterocycles. The Morgan fingerprint density at radius 1 is 0.963 bits per heavy atom. The zero-order chi connectivity index (χ0) is 18.9. The van der Waals surface area contributed by atoms with Gasteiger partial charge in [-0.15, -0.1) is 0 Å². The number of carbonyl (C=O) groups excluding carboxylic acids is 1. The van der Waals surface area contributed by atoms with Crippen molar-refractivity contribution in [3.63, 3.8) is 0 Å². The number of carbonyl (C=O) groups is 1. The summed E-state index contributed by atoms with van der Waals surface area (Å²) in [4.78, 5) is 12.4. The third-order valence-electron chi connectivity index (χ3n) is 4.15. The van der Waals surface area contributed by atoms with E-state index in [0.717, 1.165) is 11.1 Å². The van der Waals surface area contributed by atoms with Crippen molar-refractivity contribution in [2.24, 2.45) is 0 Å². The quantitative estimate of drug-likeness (QED) is 0.695. The van der Waals surface area contributed by atoms with Gasteiger partial charge in [-0.25, -0.2) is 0 Å². The van der Waals surface area contributed by atoms with Gasteiger partial charge >= 0.3 is 0 Å². The molecule has 0 radical (unpaired) electrons. The Bertz CT molecular complexity index is 918. The van der Waals surface area contributed by atoms with E-state index in [1.54, 1.807) is 24.3 Å². The highest BCUT2D eigenvalue weighted by Crippen LogP contribution is 2.18. The lowest BCUT2D eigenvalue weighted by Gasteiger charge is -2.20. The zero-order valence-electron chi connectivity index (χ0n) is 14.8. The van der Waals surface area contributed by atoms with Gasteiger partial charge in [0.2, 0.25) is 0 Å². The summed E-state index contributed by atoms with van der Waals surface area (Å²) < 4.78 is 5.53. The van der Waals surface area contributed by atoms with Crippen molar-refractivity contribution >= 4 is 5.91 Å². The van der Waals surface area contributed by atoms with Crippen LogP contribution in [0.3, 0.4) is 0 Å². The summed E-state index contributed by atoms with van der Waals surface area (Å²) in [6.07, 6.45) is 0.695. The maximum Gasteiger partial charge on any atom is 0.258 e. The maximum atomic E-state index is 12.4. The van der Waals surface area contributed by atoms with Crippen LogP contribution >= 0.6 is 0 Å². The molecule has 0 heterocycles. The molecule has 0 fully saturated rings. The van der Waals surface area contributed by atoms with Gasteiger partial charge in [-0.1, -0.05) is 66.7 Å². The minimum absolute atomic E-state index is 0.104. The Hall–Kier alpha value is -3.58. The number of nitriles is 1. The van der Waals surface area contributed by atoms with E-state index < -0.39 is 0 Å². The Morgan fingerprint density at radius 3 is 2.37 bits per heavy atom. The molecule has 0 spiro atoms. The highest BCUT2D eigenvalue weighted by atomic mass is 16.5. The molecule has 4 heteroatoms. The van der Waals surface area contributed by atoms with Crippen molar-refractivity contribution in [3.05, 3.63) is 102 Å². The highest BCUT2D eigenvalue weighted by Gasteiger charge is 2.15. The molecule has 0 aliphatic carbocycles. The highest BCUT2D eigenvalue weighted by molar-refractivity contribution is 5.78. The third-order valence-corrected chi connectivity index (χ3v) is 4.15. The van der Waals surface area contributed by atoms with Crippen molar-refractivity contribution < 1.29 is 9.53 Å². The van der Waals surface area contributed by atoms with Crippen LogP contribution in [0.1, 0.15) is 22.7 Å². The van der Waals surface area contributed by atoms with Crippen LogP contribution in [-0.4, -0.2) is 12.5 Å². The van der Waals surface area contributed by atoms with Crippen LogP contribution in [0.25, 0.3) is 0 Å². The largest absolute Gasteiger partial charge is 0.484 e. The van der Waals surface area contributed by atoms with Gasteiger partial charge in [0, 0.05) is 0 Å². The summed E-state index contributed by atoms with van der Waals surface area (Å²) in [7, 11) is 0. The summed E-state index contributed by atoms with van der Waals surface area (Å²) >= 11 is 0. The average molecular weight is 356 g/mol. The Balaban J connectivity index is 1.66. The number of nitrogens with one attached hydrogen (secondary N) is 1. The zero-order valence-corrected chi connectivity index (χ0v) is 14.8. The van der Waals surface area contributed by atoms with Crippen molar-refractivity contribution in [1.29, 1.82) is 5.26 Å². The molecule has 27 heavy (non-hydrogen) atoms. The van der Waals surface area contributed by atoms with Gasteiger partial charge in [0.25, 0.3) is 5.91 Å². The number of hydrogen-bond donors (Lipinski definition) is 1. The first kappa shape index (κ1) is 18.2. The monoisotopic (exact) mass is 356 g/mol. The van der Waals surface area contributed by atoms with E-state index in [1.165, 1.54) is 0 Å². The molecule has 0 aromatic heterocycles. The summed E-state index contributed by atoms with van der Waals surface area (Å²) in [6.45, 7) is -0.104. The smallest absolute Gasteiger partial charge is 0.258 e. The minimum Gasteiger partial charge on any atom is -0.484 e. The Kier molecular flexibility index (Phi) is 6.21. The van der Waals surface area contributed by atoms with Gasteiger partial charge in [-0.2, -0.15) is 5.26 Å². The number of nitrogens with zero attached hydrogens (tertiary/aromatic N) is 1. The fourth-order valence-corrected chi connectivity index (χ4v) is 2.83. The predicted molar refractivity (Wildman–Crippen MR) is 104 cm³/mol. The van der Waals surface area contributed by atoms with Crippen LogP contribution in [0.2, 0.25) is 0 Å². The van der Waals surface area contributed by atoms with E-state index >= 15 is 0 Å². The molecule has 3 rings (SSSR count). The van der Waals surface area contributed by atoms with Crippen molar-refractivity contribution in [2.75, 3.05) is 6.61 Å². The number of ether oxygens (including phenoxy) is 1. The molecule has 0 saturated carbocycles. The first-order valence-electron chi connectivity index (χ1n) is 8.76. The van der Waals surface area contributed by atoms with E-state index in [-0.39, 0.29) is 18.6 Å². The molecule has 0 aliphatic rings. The van der Waals surface area contributed by atoms with Crippen LogP contribution < -0.4 is 10.1 Å². The van der Waals surface area contributed by atoms with Gasteiger partial charge in [0.15, 0.2) is 6.61 Å². The minimum atomic E-state index is -0.206. The molecule has 1 atom stereocenters. The first-order valence-corrected chi connectivity index (χ1v) is 8.76. The summed E-state index contributed by atoms with van der Waals surface area (Å²) in [5.41, 5.74) is 2.69. The molecular weight excluding hydrogens is 336 g/mol. The van der Waals surface area contributed by atoms with E-state index in [9.17, 15) is 4.79 Å². The second-order valence-corrected chi connectivity index (χ2v) is 6.15. The molecule has 1 N–H and O–H groups in total. The molecule has 1 amide bonds. The van der Waals surface area contributed by atoms with Gasteiger partial charge in [-0.05, 0) is 35.7 Å². The summed E-state index contributed by atoms with van der Waals surface area (Å²) in [5, 5.41) is 12.0. The predicted octanol–water partition coefficient (Wildman–Crippen LogP) is 4.04. The molecular formula is C23H20N2O2. The van der Waals surface area contributed by atoms with Gasteiger partial charge < -0.3 is 10.1 Å². The topological polar surface area (TPSA) is 62.1 Å². The molecule has 0 aliphatic heterocycles. The Labute approximate surface area is 159 Å². The summed E-state index contributed by atoms with van der Waals surface area (Å²) in [5.74, 6) is 0.297.